The highest BCUT2D eigenvalue weighted by Crippen LogP contribution is 2.09. The lowest BCUT2D eigenvalue weighted by Gasteiger charge is -2.22. The van der Waals surface area contributed by atoms with Gasteiger partial charge in [-0.1, -0.05) is 23.7 Å². The molecule has 1 saturated heterocycles. The van der Waals surface area contributed by atoms with Gasteiger partial charge in [-0.15, -0.1) is 0 Å². The average Bonchev–Trinajstić information content (AvgIpc) is 2.28. The summed E-state index contributed by atoms with van der Waals surface area (Å²) >= 11 is 5.84. The van der Waals surface area contributed by atoms with Gasteiger partial charge in [-0.25, -0.2) is 9.80 Å². The Labute approximate surface area is 98.9 Å². The number of nitrogens with zero attached hydrogens (tertiary/aromatic N) is 2. The minimum Gasteiger partial charge on any atom is -0.336 e. The predicted molar refractivity (Wildman–Crippen MR) is 63.8 cm³/mol. The fraction of sp³-hybridized carbons (Fsp3) is 0.273. The van der Waals surface area contributed by atoms with E-state index >= 15 is 0 Å². The molecule has 0 bridgehead atoms. The first-order valence-electron chi connectivity index (χ1n) is 5.10. The minimum atomic E-state index is -0.149. The van der Waals surface area contributed by atoms with E-state index in [1.54, 1.807) is 18.3 Å². The molecule has 2 amide bonds. The molecule has 1 fully saturated rings. The lowest BCUT2D eigenvalue weighted by atomic mass is 10.2. The molecule has 16 heavy (non-hydrogen) atoms. The first-order valence-corrected chi connectivity index (χ1v) is 5.48. The van der Waals surface area contributed by atoms with E-state index in [4.69, 9.17) is 11.6 Å². The number of rotatable bonds is 2. The fourth-order valence-corrected chi connectivity index (χ4v) is 1.65. The zero-order chi connectivity index (χ0) is 11.4. The van der Waals surface area contributed by atoms with Crippen molar-refractivity contribution in [2.45, 2.75) is 6.42 Å². The van der Waals surface area contributed by atoms with E-state index in [0.717, 1.165) is 18.5 Å². The van der Waals surface area contributed by atoms with E-state index in [2.05, 4.69) is 10.4 Å². The number of hydrogen-bond acceptors (Lipinski definition) is 2. The fourth-order valence-electron chi connectivity index (χ4n) is 1.45. The van der Waals surface area contributed by atoms with Crippen LogP contribution >= 0.6 is 11.6 Å². The molecule has 1 aliphatic rings. The van der Waals surface area contributed by atoms with Gasteiger partial charge in [-0.05, 0) is 24.1 Å². The molecule has 0 radical (unpaired) electrons. The van der Waals surface area contributed by atoms with Gasteiger partial charge < -0.3 is 5.32 Å². The van der Waals surface area contributed by atoms with Gasteiger partial charge in [0.25, 0.3) is 0 Å². The maximum atomic E-state index is 11.4. The minimum absolute atomic E-state index is 0.149. The maximum absolute atomic E-state index is 11.4. The lowest BCUT2D eigenvalue weighted by Crippen LogP contribution is -2.43. The van der Waals surface area contributed by atoms with Gasteiger partial charge in [0.05, 0.1) is 6.21 Å². The first kappa shape index (κ1) is 11.0. The standard InChI is InChI=1S/C11H12ClN3O/c12-10-4-1-3-9(7-10)8-14-15-6-2-5-13-11(15)16/h1,3-4,7-8H,2,5-6H2,(H,13,16)/b14-8+. The van der Waals surface area contributed by atoms with E-state index in [1.807, 2.05) is 12.1 Å². The summed E-state index contributed by atoms with van der Waals surface area (Å²) in [5, 5.41) is 8.92. The van der Waals surface area contributed by atoms with E-state index in [9.17, 15) is 4.79 Å². The van der Waals surface area contributed by atoms with Crippen molar-refractivity contribution in [2.75, 3.05) is 13.1 Å². The van der Waals surface area contributed by atoms with Gasteiger partial charge in [0.15, 0.2) is 0 Å². The van der Waals surface area contributed by atoms with Gasteiger partial charge in [0.2, 0.25) is 0 Å². The SMILES string of the molecule is O=C1NCCCN1/N=C/c1cccc(Cl)c1. The number of nitrogens with one attached hydrogen (secondary N) is 1. The molecule has 1 heterocycles. The van der Waals surface area contributed by atoms with Crippen LogP contribution in [0.25, 0.3) is 0 Å². The number of benzene rings is 1. The topological polar surface area (TPSA) is 44.7 Å². The van der Waals surface area contributed by atoms with E-state index in [-0.39, 0.29) is 6.03 Å². The zero-order valence-corrected chi connectivity index (χ0v) is 9.44. The van der Waals surface area contributed by atoms with Gasteiger partial charge >= 0.3 is 6.03 Å². The third kappa shape index (κ3) is 2.73. The summed E-state index contributed by atoms with van der Waals surface area (Å²) in [6.07, 6.45) is 2.55. The Morgan fingerprint density at radius 3 is 3.12 bits per heavy atom. The van der Waals surface area contributed by atoms with Crippen LogP contribution in [-0.4, -0.2) is 30.3 Å². The lowest BCUT2D eigenvalue weighted by molar-refractivity contribution is 0.189. The van der Waals surface area contributed by atoms with Crippen LogP contribution in [-0.2, 0) is 0 Å². The van der Waals surface area contributed by atoms with Crippen molar-refractivity contribution in [2.24, 2.45) is 5.10 Å². The first-order chi connectivity index (χ1) is 7.75. The summed E-state index contributed by atoms with van der Waals surface area (Å²) < 4.78 is 0. The van der Waals surface area contributed by atoms with Crippen molar-refractivity contribution in [3.63, 3.8) is 0 Å². The van der Waals surface area contributed by atoms with Crippen LogP contribution in [0.4, 0.5) is 4.79 Å². The number of carbonyl (C=O) groups is 1. The van der Waals surface area contributed by atoms with Crippen molar-refractivity contribution in [3.05, 3.63) is 34.9 Å². The highest BCUT2D eigenvalue weighted by atomic mass is 35.5. The molecule has 4 nitrogen and oxygen atoms in total. The maximum Gasteiger partial charge on any atom is 0.337 e. The Kier molecular flexibility index (Phi) is 3.41. The van der Waals surface area contributed by atoms with Gasteiger partial charge in [-0.3, -0.25) is 0 Å². The molecule has 0 aromatic heterocycles. The van der Waals surface area contributed by atoms with Gasteiger partial charge in [0, 0.05) is 18.1 Å². The van der Waals surface area contributed by atoms with Crippen LogP contribution in [0.2, 0.25) is 5.02 Å². The molecule has 2 rings (SSSR count). The number of hydrogen-bond donors (Lipinski definition) is 1. The highest BCUT2D eigenvalue weighted by Gasteiger charge is 2.15. The molecule has 1 N–H and O–H groups in total. The van der Waals surface area contributed by atoms with Crippen molar-refractivity contribution >= 4 is 23.8 Å². The van der Waals surface area contributed by atoms with Crippen LogP contribution < -0.4 is 5.32 Å². The van der Waals surface area contributed by atoms with Crippen LogP contribution in [0.15, 0.2) is 29.4 Å². The Bertz CT molecular complexity index is 419. The Morgan fingerprint density at radius 2 is 2.38 bits per heavy atom. The number of hydrazone groups is 1. The van der Waals surface area contributed by atoms with Crippen LogP contribution in [0.1, 0.15) is 12.0 Å². The zero-order valence-electron chi connectivity index (χ0n) is 8.69. The molecule has 84 valence electrons. The number of halogens is 1. The van der Waals surface area contributed by atoms with Crippen LogP contribution in [0, 0.1) is 0 Å². The molecular formula is C11H12ClN3O. The number of carbonyl (C=O) groups excluding carboxylic acids is 1. The smallest absolute Gasteiger partial charge is 0.336 e. The summed E-state index contributed by atoms with van der Waals surface area (Å²) in [6.45, 7) is 1.38. The van der Waals surface area contributed by atoms with E-state index < -0.39 is 0 Å². The van der Waals surface area contributed by atoms with Crippen molar-refractivity contribution in [3.8, 4) is 0 Å². The molecule has 0 aliphatic carbocycles. The predicted octanol–water partition coefficient (Wildman–Crippen LogP) is 2.09. The number of amides is 2. The summed E-state index contributed by atoms with van der Waals surface area (Å²) in [5.41, 5.74) is 0.880. The highest BCUT2D eigenvalue weighted by molar-refractivity contribution is 6.30. The summed E-state index contributed by atoms with van der Waals surface area (Å²) in [4.78, 5) is 11.4. The molecule has 1 aromatic rings. The average molecular weight is 238 g/mol. The normalized spacial score (nSPS) is 16.6. The van der Waals surface area contributed by atoms with Crippen molar-refractivity contribution in [1.29, 1.82) is 0 Å². The second-order valence-corrected chi connectivity index (χ2v) is 3.94. The monoisotopic (exact) mass is 237 g/mol. The molecule has 0 atom stereocenters. The van der Waals surface area contributed by atoms with Gasteiger partial charge in [-0.2, -0.15) is 5.10 Å². The molecule has 0 saturated carbocycles. The third-order valence-electron chi connectivity index (χ3n) is 2.25. The second-order valence-electron chi connectivity index (χ2n) is 3.51. The van der Waals surface area contributed by atoms with Crippen LogP contribution in [0.3, 0.4) is 0 Å². The Morgan fingerprint density at radius 1 is 1.50 bits per heavy atom. The summed E-state index contributed by atoms with van der Waals surface area (Å²) in [5.74, 6) is 0. The third-order valence-corrected chi connectivity index (χ3v) is 2.49. The molecule has 0 unspecified atom stereocenters. The largest absolute Gasteiger partial charge is 0.337 e. The Balaban J connectivity index is 2.05. The molecule has 1 aromatic carbocycles. The summed E-state index contributed by atoms with van der Waals surface area (Å²) in [6, 6.07) is 7.18. The molecule has 0 spiro atoms. The molecule has 1 aliphatic heterocycles. The van der Waals surface area contributed by atoms with Crippen LogP contribution in [0.5, 0.6) is 0 Å². The van der Waals surface area contributed by atoms with Crippen molar-refractivity contribution < 1.29 is 4.79 Å². The van der Waals surface area contributed by atoms with E-state index in [0.29, 0.717) is 11.6 Å². The van der Waals surface area contributed by atoms with Crippen molar-refractivity contribution in [1.82, 2.24) is 10.3 Å². The molecular weight excluding hydrogens is 226 g/mol. The summed E-state index contributed by atoms with van der Waals surface area (Å²) in [7, 11) is 0. The quantitative estimate of drug-likeness (QED) is 0.787. The Hall–Kier alpha value is -1.55. The number of urea groups is 1. The molecule has 5 heteroatoms. The second kappa shape index (κ2) is 4.99. The van der Waals surface area contributed by atoms with Gasteiger partial charge in [0.1, 0.15) is 0 Å². The van der Waals surface area contributed by atoms with E-state index in [1.165, 1.54) is 5.01 Å².